The van der Waals surface area contributed by atoms with E-state index in [1.807, 2.05) is 26.1 Å². The van der Waals surface area contributed by atoms with Gasteiger partial charge in [0.15, 0.2) is 0 Å². The monoisotopic (exact) mass is 408 g/mol. The first kappa shape index (κ1) is 22.0. The summed E-state index contributed by atoms with van der Waals surface area (Å²) in [4.78, 5) is 27.6. The summed E-state index contributed by atoms with van der Waals surface area (Å²) in [5.74, 6) is -0.215. The number of aryl methyl sites for hydroxylation is 1. The first-order valence-electron chi connectivity index (χ1n) is 10.8. The topological polar surface area (TPSA) is 60.9 Å². The van der Waals surface area contributed by atoms with Crippen molar-refractivity contribution in [3.63, 3.8) is 0 Å². The van der Waals surface area contributed by atoms with E-state index in [0.29, 0.717) is 17.9 Å². The number of aromatic carboxylic acids is 1. The number of piperidine rings is 1. The summed E-state index contributed by atoms with van der Waals surface area (Å²) >= 11 is 0. The number of nitrogens with zero attached hydrogens (tertiary/aromatic N) is 2. The molecule has 0 saturated carbocycles. The Balaban J connectivity index is 1.61. The summed E-state index contributed by atoms with van der Waals surface area (Å²) in [5, 5.41) is 9.03. The number of hydrogen-bond donors (Lipinski definition) is 1. The van der Waals surface area contributed by atoms with Crippen molar-refractivity contribution in [1.82, 2.24) is 4.90 Å². The predicted molar refractivity (Wildman–Crippen MR) is 120 cm³/mol. The minimum Gasteiger partial charge on any atom is -0.478 e. The van der Waals surface area contributed by atoms with Gasteiger partial charge in [-0.3, -0.25) is 9.69 Å². The number of carbonyl (C=O) groups excluding carboxylic acids is 1. The average molecular weight is 409 g/mol. The molecule has 1 amide bonds. The van der Waals surface area contributed by atoms with Crippen LogP contribution in [0, 0.1) is 6.92 Å². The zero-order valence-electron chi connectivity index (χ0n) is 18.2. The van der Waals surface area contributed by atoms with Crippen molar-refractivity contribution in [3.05, 3.63) is 64.7 Å². The molecule has 0 radical (unpaired) electrons. The van der Waals surface area contributed by atoms with Gasteiger partial charge >= 0.3 is 5.97 Å². The molecule has 3 rings (SSSR count). The molecule has 5 nitrogen and oxygen atoms in total. The lowest BCUT2D eigenvalue weighted by Gasteiger charge is -2.33. The number of anilines is 1. The molecule has 160 valence electrons. The number of carboxylic acids is 1. The van der Waals surface area contributed by atoms with E-state index in [4.69, 9.17) is 5.11 Å². The van der Waals surface area contributed by atoms with Crippen LogP contribution in [0.25, 0.3) is 0 Å². The maximum atomic E-state index is 12.3. The number of benzene rings is 2. The summed E-state index contributed by atoms with van der Waals surface area (Å²) in [7, 11) is 1.88. The van der Waals surface area contributed by atoms with E-state index < -0.39 is 5.97 Å². The molecule has 2 aromatic carbocycles. The fourth-order valence-corrected chi connectivity index (χ4v) is 4.19. The van der Waals surface area contributed by atoms with Crippen molar-refractivity contribution < 1.29 is 14.7 Å². The highest BCUT2D eigenvalue weighted by Gasteiger charge is 2.22. The maximum Gasteiger partial charge on any atom is 0.335 e. The normalized spacial score (nSPS) is 15.2. The Morgan fingerprint density at radius 3 is 2.37 bits per heavy atom. The summed E-state index contributed by atoms with van der Waals surface area (Å²) in [6.45, 7) is 6.97. The van der Waals surface area contributed by atoms with Crippen molar-refractivity contribution in [2.75, 3.05) is 25.0 Å². The lowest BCUT2D eigenvalue weighted by Crippen LogP contribution is -2.32. The summed E-state index contributed by atoms with van der Waals surface area (Å²) < 4.78 is 0. The second-order valence-corrected chi connectivity index (χ2v) is 8.30. The van der Waals surface area contributed by atoms with E-state index in [0.717, 1.165) is 55.7 Å². The van der Waals surface area contributed by atoms with Crippen LogP contribution in [-0.2, 0) is 11.3 Å². The van der Waals surface area contributed by atoms with Crippen LogP contribution in [0.4, 0.5) is 5.69 Å². The Morgan fingerprint density at radius 2 is 1.77 bits per heavy atom. The van der Waals surface area contributed by atoms with Gasteiger partial charge in [-0.1, -0.05) is 31.2 Å². The lowest BCUT2D eigenvalue weighted by molar-refractivity contribution is -0.118. The van der Waals surface area contributed by atoms with Crippen molar-refractivity contribution in [2.24, 2.45) is 0 Å². The van der Waals surface area contributed by atoms with Gasteiger partial charge in [-0.15, -0.1) is 0 Å². The molecule has 0 unspecified atom stereocenters. The number of likely N-dealkylation sites (tertiary alicyclic amines) is 1. The molecule has 0 aromatic heterocycles. The highest BCUT2D eigenvalue weighted by molar-refractivity contribution is 5.93. The smallest absolute Gasteiger partial charge is 0.335 e. The van der Waals surface area contributed by atoms with E-state index in [1.165, 1.54) is 5.56 Å². The van der Waals surface area contributed by atoms with Crippen molar-refractivity contribution in [2.45, 2.75) is 52.0 Å². The molecule has 0 atom stereocenters. The van der Waals surface area contributed by atoms with Gasteiger partial charge in [0.2, 0.25) is 5.91 Å². The molecule has 1 fully saturated rings. The second-order valence-electron chi connectivity index (χ2n) is 8.30. The van der Waals surface area contributed by atoms with E-state index in [-0.39, 0.29) is 5.91 Å². The highest BCUT2D eigenvalue weighted by atomic mass is 16.4. The molecule has 0 bridgehead atoms. The summed E-state index contributed by atoms with van der Waals surface area (Å²) in [6.07, 6.45) is 3.61. The molecular formula is C25H32N2O3. The van der Waals surface area contributed by atoms with Crippen LogP contribution in [0.5, 0.6) is 0 Å². The van der Waals surface area contributed by atoms with Crippen LogP contribution in [0.1, 0.15) is 65.6 Å². The molecule has 2 aromatic rings. The Labute approximate surface area is 179 Å². The third kappa shape index (κ3) is 5.28. The quantitative estimate of drug-likeness (QED) is 0.712. The zero-order valence-corrected chi connectivity index (χ0v) is 18.2. The van der Waals surface area contributed by atoms with Gasteiger partial charge in [0, 0.05) is 25.7 Å². The Bertz CT molecular complexity index is 884. The molecule has 30 heavy (non-hydrogen) atoms. The van der Waals surface area contributed by atoms with E-state index in [2.05, 4.69) is 30.0 Å². The van der Waals surface area contributed by atoms with Gasteiger partial charge in [0.1, 0.15) is 0 Å². The first-order chi connectivity index (χ1) is 14.4. The third-order valence-corrected chi connectivity index (χ3v) is 6.10. The maximum absolute atomic E-state index is 12.3. The summed E-state index contributed by atoms with van der Waals surface area (Å²) in [6, 6.07) is 13.7. The second kappa shape index (κ2) is 9.90. The SMILES string of the molecule is CCCC(=O)N(C)c1cc(C2CCN(Cc3ccc(C(=O)O)cc3)CC2)ccc1C. The molecule has 1 N–H and O–H groups in total. The number of rotatable bonds is 7. The van der Waals surface area contributed by atoms with E-state index >= 15 is 0 Å². The Kier molecular flexibility index (Phi) is 7.27. The fourth-order valence-electron chi connectivity index (χ4n) is 4.19. The Morgan fingerprint density at radius 1 is 1.10 bits per heavy atom. The standard InChI is InChI=1S/C25H32N2O3/c1-4-5-24(28)26(3)23-16-22(9-6-18(23)2)20-12-14-27(15-13-20)17-19-7-10-21(11-8-19)25(29)30/h6-11,16,20H,4-5,12-15,17H2,1-3H3,(H,29,30). The van der Waals surface area contributed by atoms with Crippen LogP contribution >= 0.6 is 0 Å². The predicted octanol–water partition coefficient (Wildman–Crippen LogP) is 4.84. The van der Waals surface area contributed by atoms with Crippen molar-refractivity contribution in [1.29, 1.82) is 0 Å². The summed E-state index contributed by atoms with van der Waals surface area (Å²) in [5.41, 5.74) is 4.94. The zero-order chi connectivity index (χ0) is 21.7. The minimum absolute atomic E-state index is 0.168. The largest absolute Gasteiger partial charge is 0.478 e. The molecule has 0 spiro atoms. The molecule has 1 aliphatic heterocycles. The van der Waals surface area contributed by atoms with E-state index in [1.54, 1.807) is 17.0 Å². The molecular weight excluding hydrogens is 376 g/mol. The first-order valence-corrected chi connectivity index (χ1v) is 10.8. The minimum atomic E-state index is -0.887. The van der Waals surface area contributed by atoms with Crippen molar-refractivity contribution >= 4 is 17.6 Å². The average Bonchev–Trinajstić information content (AvgIpc) is 2.75. The van der Waals surface area contributed by atoms with Gasteiger partial charge in [-0.05, 0) is 80.1 Å². The molecule has 0 aliphatic carbocycles. The van der Waals surface area contributed by atoms with Crippen molar-refractivity contribution in [3.8, 4) is 0 Å². The number of hydrogen-bond acceptors (Lipinski definition) is 3. The van der Waals surface area contributed by atoms with Gasteiger partial charge in [-0.25, -0.2) is 4.79 Å². The lowest BCUT2D eigenvalue weighted by atomic mass is 9.88. The third-order valence-electron chi connectivity index (χ3n) is 6.10. The molecule has 1 saturated heterocycles. The van der Waals surface area contributed by atoms with E-state index in [9.17, 15) is 9.59 Å². The van der Waals surface area contributed by atoms with Crippen LogP contribution < -0.4 is 4.90 Å². The molecule has 5 heteroatoms. The van der Waals surface area contributed by atoms with Gasteiger partial charge in [0.25, 0.3) is 0 Å². The van der Waals surface area contributed by atoms with Gasteiger partial charge < -0.3 is 10.0 Å². The fraction of sp³-hybridized carbons (Fsp3) is 0.440. The number of amides is 1. The van der Waals surface area contributed by atoms with Gasteiger partial charge in [0.05, 0.1) is 5.56 Å². The molecule has 1 heterocycles. The Hall–Kier alpha value is -2.66. The van der Waals surface area contributed by atoms with Crippen LogP contribution in [-0.4, -0.2) is 42.0 Å². The van der Waals surface area contributed by atoms with Crippen LogP contribution in [0.15, 0.2) is 42.5 Å². The number of carbonyl (C=O) groups is 2. The number of carboxylic acid groups (broad SMARTS) is 1. The van der Waals surface area contributed by atoms with Gasteiger partial charge in [-0.2, -0.15) is 0 Å². The van der Waals surface area contributed by atoms with Crippen LogP contribution in [0.3, 0.4) is 0 Å². The van der Waals surface area contributed by atoms with Crippen LogP contribution in [0.2, 0.25) is 0 Å². The highest BCUT2D eigenvalue weighted by Crippen LogP contribution is 2.32. The molecule has 1 aliphatic rings.